The van der Waals surface area contributed by atoms with Gasteiger partial charge in [-0.05, 0) is 29.3 Å². The molecule has 3 heterocycles. The van der Waals surface area contributed by atoms with E-state index in [1.807, 2.05) is 42.5 Å². The van der Waals surface area contributed by atoms with Crippen molar-refractivity contribution in [3.8, 4) is 17.2 Å². The van der Waals surface area contributed by atoms with Gasteiger partial charge in [0, 0.05) is 6.42 Å². The normalized spacial score (nSPS) is 16.6. The van der Waals surface area contributed by atoms with E-state index in [0.29, 0.717) is 30.4 Å². The highest BCUT2D eigenvalue weighted by molar-refractivity contribution is 5.75. The van der Waals surface area contributed by atoms with E-state index in [0.717, 1.165) is 22.6 Å². The lowest BCUT2D eigenvalue weighted by Crippen LogP contribution is -2.15. The number of amides is 1. The number of fused-ring (bicyclic) bond motifs is 2. The van der Waals surface area contributed by atoms with Crippen LogP contribution in [0, 0.1) is 0 Å². The van der Waals surface area contributed by atoms with E-state index >= 15 is 0 Å². The Morgan fingerprint density at radius 1 is 1.14 bits per heavy atom. The van der Waals surface area contributed by atoms with E-state index in [2.05, 4.69) is 10.1 Å². The van der Waals surface area contributed by atoms with Crippen LogP contribution in [-0.4, -0.2) is 27.5 Å². The van der Waals surface area contributed by atoms with Crippen molar-refractivity contribution in [2.45, 2.75) is 25.5 Å². The molecule has 2 aliphatic heterocycles. The van der Waals surface area contributed by atoms with Crippen LogP contribution in [0.15, 0.2) is 42.5 Å². The van der Waals surface area contributed by atoms with Crippen molar-refractivity contribution < 1.29 is 19.0 Å². The Bertz CT molecular complexity index is 1040. The summed E-state index contributed by atoms with van der Waals surface area (Å²) in [6.07, 6.45) is 0.424. The van der Waals surface area contributed by atoms with Crippen molar-refractivity contribution in [2.24, 2.45) is 5.73 Å². The maximum Gasteiger partial charge on any atom is 0.231 e. The number of rotatable bonds is 5. The van der Waals surface area contributed by atoms with Crippen LogP contribution in [0.2, 0.25) is 0 Å². The Morgan fingerprint density at radius 3 is 2.86 bits per heavy atom. The fourth-order valence-corrected chi connectivity index (χ4v) is 3.53. The first-order valence-corrected chi connectivity index (χ1v) is 9.01. The molecule has 28 heavy (non-hydrogen) atoms. The Morgan fingerprint density at radius 2 is 2.00 bits per heavy atom. The number of hydrogen-bond acceptors (Lipinski definition) is 6. The van der Waals surface area contributed by atoms with Crippen LogP contribution in [0.5, 0.6) is 17.2 Å². The molecule has 0 unspecified atom stereocenters. The van der Waals surface area contributed by atoms with Gasteiger partial charge in [0.15, 0.2) is 29.3 Å². The Balaban J connectivity index is 1.46. The molecule has 0 spiro atoms. The lowest BCUT2D eigenvalue weighted by Gasteiger charge is -2.12. The summed E-state index contributed by atoms with van der Waals surface area (Å²) in [5.74, 6) is 2.88. The van der Waals surface area contributed by atoms with Crippen molar-refractivity contribution in [3.63, 3.8) is 0 Å². The monoisotopic (exact) mass is 378 g/mol. The average Bonchev–Trinajstić information content (AvgIpc) is 3.38. The lowest BCUT2D eigenvalue weighted by atomic mass is 10.1. The standard InChI is InChI=1S/C20H18N4O4/c21-18(25)9-19-22-20(17-8-13-3-1-2-4-14(13)28-17)24(23-19)10-12-5-6-15-16(7-12)27-11-26-15/h1-7,17H,8-11H2,(H2,21,25)/t17-/m0/s1. The van der Waals surface area contributed by atoms with Gasteiger partial charge in [-0.15, -0.1) is 0 Å². The van der Waals surface area contributed by atoms with Gasteiger partial charge in [-0.1, -0.05) is 24.3 Å². The summed E-state index contributed by atoms with van der Waals surface area (Å²) in [6, 6.07) is 13.7. The molecule has 1 atom stereocenters. The van der Waals surface area contributed by atoms with E-state index in [1.165, 1.54) is 0 Å². The summed E-state index contributed by atoms with van der Waals surface area (Å²) in [5.41, 5.74) is 7.44. The van der Waals surface area contributed by atoms with Gasteiger partial charge >= 0.3 is 0 Å². The largest absolute Gasteiger partial charge is 0.482 e. The molecule has 8 heteroatoms. The van der Waals surface area contributed by atoms with Crippen LogP contribution in [0.4, 0.5) is 0 Å². The van der Waals surface area contributed by atoms with E-state index in [-0.39, 0.29) is 19.3 Å². The molecule has 2 N–H and O–H groups in total. The minimum Gasteiger partial charge on any atom is -0.482 e. The summed E-state index contributed by atoms with van der Waals surface area (Å²) >= 11 is 0. The van der Waals surface area contributed by atoms with Crippen molar-refractivity contribution in [3.05, 3.63) is 65.2 Å². The van der Waals surface area contributed by atoms with Crippen molar-refractivity contribution in [1.82, 2.24) is 14.8 Å². The number of para-hydroxylation sites is 1. The molecule has 2 aromatic carbocycles. The summed E-state index contributed by atoms with van der Waals surface area (Å²) in [5, 5.41) is 4.50. The van der Waals surface area contributed by atoms with Crippen molar-refractivity contribution >= 4 is 5.91 Å². The molecule has 0 saturated heterocycles. The van der Waals surface area contributed by atoms with E-state index in [4.69, 9.17) is 19.9 Å². The number of nitrogens with two attached hydrogens (primary N) is 1. The van der Waals surface area contributed by atoms with E-state index < -0.39 is 5.91 Å². The molecular weight excluding hydrogens is 360 g/mol. The van der Waals surface area contributed by atoms with Crippen LogP contribution in [0.25, 0.3) is 0 Å². The average molecular weight is 378 g/mol. The topological polar surface area (TPSA) is 101 Å². The summed E-state index contributed by atoms with van der Waals surface area (Å²) < 4.78 is 18.7. The Hall–Kier alpha value is -3.55. The van der Waals surface area contributed by atoms with Gasteiger partial charge in [-0.2, -0.15) is 5.10 Å². The SMILES string of the molecule is NC(=O)Cc1nc([C@@H]2Cc3ccccc3O2)n(Cc2ccc3c(c2)OCO3)n1. The summed E-state index contributed by atoms with van der Waals surface area (Å²) in [7, 11) is 0. The summed E-state index contributed by atoms with van der Waals surface area (Å²) in [4.78, 5) is 15.9. The fraction of sp³-hybridized carbons (Fsp3) is 0.250. The highest BCUT2D eigenvalue weighted by Crippen LogP contribution is 2.36. The smallest absolute Gasteiger partial charge is 0.231 e. The zero-order valence-corrected chi connectivity index (χ0v) is 15.0. The van der Waals surface area contributed by atoms with Crippen LogP contribution in [-0.2, 0) is 24.2 Å². The predicted octanol–water partition coefficient (Wildman–Crippen LogP) is 1.76. The number of primary amides is 1. The fourth-order valence-electron chi connectivity index (χ4n) is 3.53. The van der Waals surface area contributed by atoms with Crippen molar-refractivity contribution in [1.29, 1.82) is 0 Å². The third-order valence-electron chi connectivity index (χ3n) is 4.78. The first-order chi connectivity index (χ1) is 13.7. The molecule has 1 aromatic heterocycles. The molecule has 1 amide bonds. The quantitative estimate of drug-likeness (QED) is 0.726. The maximum atomic E-state index is 11.3. The van der Waals surface area contributed by atoms with Gasteiger partial charge in [0.1, 0.15) is 5.75 Å². The number of aromatic nitrogens is 3. The van der Waals surface area contributed by atoms with Gasteiger partial charge in [-0.25, -0.2) is 9.67 Å². The van der Waals surface area contributed by atoms with Crippen LogP contribution in [0.1, 0.15) is 28.9 Å². The molecule has 5 rings (SSSR count). The first-order valence-electron chi connectivity index (χ1n) is 9.01. The lowest BCUT2D eigenvalue weighted by molar-refractivity contribution is -0.117. The number of nitrogens with zero attached hydrogens (tertiary/aromatic N) is 3. The maximum absolute atomic E-state index is 11.3. The summed E-state index contributed by atoms with van der Waals surface area (Å²) in [6.45, 7) is 0.693. The van der Waals surface area contributed by atoms with Gasteiger partial charge in [0.2, 0.25) is 12.7 Å². The van der Waals surface area contributed by atoms with Gasteiger partial charge < -0.3 is 19.9 Å². The molecule has 0 bridgehead atoms. The van der Waals surface area contributed by atoms with E-state index in [1.54, 1.807) is 4.68 Å². The van der Waals surface area contributed by atoms with Crippen LogP contribution in [0.3, 0.4) is 0 Å². The second kappa shape index (κ2) is 6.56. The van der Waals surface area contributed by atoms with Crippen molar-refractivity contribution in [2.75, 3.05) is 6.79 Å². The molecule has 0 aliphatic carbocycles. The zero-order valence-electron chi connectivity index (χ0n) is 15.0. The molecule has 2 aliphatic rings. The number of carbonyl (C=O) groups excluding carboxylic acids is 1. The van der Waals surface area contributed by atoms with Crippen LogP contribution >= 0.6 is 0 Å². The molecule has 0 saturated carbocycles. The number of hydrogen-bond donors (Lipinski definition) is 1. The highest BCUT2D eigenvalue weighted by atomic mass is 16.7. The minimum atomic E-state index is -0.470. The second-order valence-electron chi connectivity index (χ2n) is 6.79. The van der Waals surface area contributed by atoms with E-state index in [9.17, 15) is 4.79 Å². The number of ether oxygens (including phenoxy) is 3. The molecule has 8 nitrogen and oxygen atoms in total. The second-order valence-corrected chi connectivity index (χ2v) is 6.79. The molecule has 142 valence electrons. The Labute approximate surface area is 160 Å². The zero-order chi connectivity index (χ0) is 19.1. The number of carbonyl (C=O) groups is 1. The van der Waals surface area contributed by atoms with Gasteiger partial charge in [0.05, 0.1) is 13.0 Å². The van der Waals surface area contributed by atoms with Gasteiger partial charge in [-0.3, -0.25) is 4.79 Å². The molecular formula is C20H18N4O4. The number of benzene rings is 2. The molecule has 3 aromatic rings. The first kappa shape index (κ1) is 16.6. The predicted molar refractivity (Wildman–Crippen MR) is 98.1 cm³/mol. The van der Waals surface area contributed by atoms with Crippen LogP contribution < -0.4 is 19.9 Å². The molecule has 0 radical (unpaired) electrons. The Kier molecular flexibility index (Phi) is 3.89. The third-order valence-corrected chi connectivity index (χ3v) is 4.78. The minimum absolute atomic E-state index is 0.0131. The highest BCUT2D eigenvalue weighted by Gasteiger charge is 2.29. The third kappa shape index (κ3) is 3.02. The van der Waals surface area contributed by atoms with Gasteiger partial charge in [0.25, 0.3) is 0 Å². The molecule has 0 fully saturated rings.